The minimum absolute atomic E-state index is 0. The first-order chi connectivity index (χ1) is 2.56. The molecule has 0 bridgehead atoms. The maximum Gasteiger partial charge on any atom is 1.00 e. The van der Waals surface area contributed by atoms with Gasteiger partial charge in [0.15, 0.2) is 0 Å². The summed E-state index contributed by atoms with van der Waals surface area (Å²) in [5, 5.41) is 0. The van der Waals surface area contributed by atoms with Crippen LogP contribution in [0.15, 0.2) is 0 Å². The molecule has 6 heteroatoms. The molecule has 0 aliphatic heterocycles. The molecule has 0 rings (SSSR count). The minimum atomic E-state index is -4.22. The van der Waals surface area contributed by atoms with E-state index in [9.17, 15) is 13.0 Å². The van der Waals surface area contributed by atoms with E-state index >= 15 is 0 Å². The van der Waals surface area contributed by atoms with E-state index in [0.29, 0.717) is 0 Å². The summed E-state index contributed by atoms with van der Waals surface area (Å²) in [5.74, 6) is 0. The van der Waals surface area contributed by atoms with Gasteiger partial charge >= 0.3 is 51.4 Å². The van der Waals surface area contributed by atoms with Crippen LogP contribution in [0.4, 0.5) is 0 Å². The first kappa shape index (κ1) is 11.4. The van der Waals surface area contributed by atoms with Gasteiger partial charge in [0.05, 0.1) is 4.70 Å². The van der Waals surface area contributed by atoms with Gasteiger partial charge in [-0.3, -0.25) is 0 Å². The molecule has 0 aromatic heterocycles. The Morgan fingerprint density at radius 3 is 1.71 bits per heavy atom. The average molecular weight is 164 g/mol. The van der Waals surface area contributed by atoms with Crippen LogP contribution in [0, 0.1) is 0 Å². The zero-order chi connectivity index (χ0) is 5.21. The molecule has 0 fully saturated rings. The van der Waals surface area contributed by atoms with Crippen LogP contribution in [0.3, 0.4) is 0 Å². The molecule has 0 saturated carbocycles. The van der Waals surface area contributed by atoms with Crippen LogP contribution in [0.2, 0.25) is 0 Å². The molecule has 7 heavy (non-hydrogen) atoms. The Morgan fingerprint density at radius 2 is 1.71 bits per heavy atom. The van der Waals surface area contributed by atoms with Gasteiger partial charge in [0, 0.05) is 0 Å². The van der Waals surface area contributed by atoms with Gasteiger partial charge in [0.2, 0.25) is 0 Å². The Balaban J connectivity index is 0. The van der Waals surface area contributed by atoms with Gasteiger partial charge in [-0.1, -0.05) is 12.2 Å². The Morgan fingerprint density at radius 1 is 1.57 bits per heavy atom. The standard InChI is InChI=1S/CH2O3S2.K/c2-6(3,4)1-5;/h1H,(H,2,3,4);/q;+1/p-1. The molecule has 0 radical (unpaired) electrons. The fourth-order valence-electron chi connectivity index (χ4n) is 0. The second-order valence-corrected chi connectivity index (χ2v) is 2.34. The van der Waals surface area contributed by atoms with Crippen molar-refractivity contribution in [3.05, 3.63) is 0 Å². The Labute approximate surface area is 89.6 Å². The molecule has 0 aliphatic rings. The van der Waals surface area contributed by atoms with E-state index in [1.165, 1.54) is 0 Å². The Hall–Kier alpha value is 1.64. The van der Waals surface area contributed by atoms with Crippen LogP contribution in [0.5, 0.6) is 0 Å². The third-order valence-electron chi connectivity index (χ3n) is 0.118. The van der Waals surface area contributed by atoms with E-state index in [2.05, 4.69) is 12.2 Å². The smallest absolute Gasteiger partial charge is 0.744 e. The molecule has 0 heterocycles. The molecule has 0 atom stereocenters. The maximum atomic E-state index is 9.28. The summed E-state index contributed by atoms with van der Waals surface area (Å²) in [6.07, 6.45) is 0. The quantitative estimate of drug-likeness (QED) is 0.229. The first-order valence-corrected chi connectivity index (χ1v) is 2.91. The first-order valence-electron chi connectivity index (χ1n) is 0.971. The predicted molar refractivity (Wildman–Crippen MR) is 23.4 cm³/mol. The predicted octanol–water partition coefficient (Wildman–Crippen LogP) is -3.51. The summed E-state index contributed by atoms with van der Waals surface area (Å²) in [5.41, 5.74) is 0. The van der Waals surface area contributed by atoms with Crippen molar-refractivity contribution in [3.8, 4) is 0 Å². The molecule has 36 valence electrons. The zero-order valence-corrected chi connectivity index (χ0v) is 8.37. The normalized spacial score (nSPS) is 9.29. The summed E-state index contributed by atoms with van der Waals surface area (Å²) in [6, 6.07) is 0. The SMILES string of the molecule is O=S(=O)([O-])C=S.[K+]. The average Bonchev–Trinajstić information content (AvgIpc) is 1.35. The second-order valence-electron chi connectivity index (χ2n) is 0.589. The number of thiocarbonyl (C=S) groups is 1. The molecule has 0 N–H and O–H groups in total. The van der Waals surface area contributed by atoms with Crippen LogP contribution in [-0.4, -0.2) is 17.7 Å². The van der Waals surface area contributed by atoms with Crippen LogP contribution in [0.25, 0.3) is 0 Å². The third kappa shape index (κ3) is 11.3. The molecule has 0 aromatic carbocycles. The van der Waals surface area contributed by atoms with Gasteiger partial charge in [0.25, 0.3) is 0 Å². The van der Waals surface area contributed by atoms with Gasteiger partial charge in [-0.25, -0.2) is 8.42 Å². The van der Waals surface area contributed by atoms with Crippen LogP contribution in [0.1, 0.15) is 0 Å². The van der Waals surface area contributed by atoms with E-state index < -0.39 is 10.1 Å². The molecule has 0 amide bonds. The van der Waals surface area contributed by atoms with Crippen molar-refractivity contribution in [1.82, 2.24) is 0 Å². The molecule has 3 nitrogen and oxygen atoms in total. The van der Waals surface area contributed by atoms with Crippen molar-refractivity contribution < 1.29 is 64.4 Å². The summed E-state index contributed by atoms with van der Waals surface area (Å²) in [7, 11) is -4.22. The van der Waals surface area contributed by atoms with Gasteiger partial charge < -0.3 is 4.55 Å². The second kappa shape index (κ2) is 4.51. The van der Waals surface area contributed by atoms with E-state index in [0.717, 1.165) is 0 Å². The van der Waals surface area contributed by atoms with E-state index in [1.807, 2.05) is 0 Å². The number of rotatable bonds is 1. The third-order valence-corrected chi connectivity index (χ3v) is 1.06. The van der Waals surface area contributed by atoms with Gasteiger partial charge in [0.1, 0.15) is 10.1 Å². The largest absolute Gasteiger partial charge is 1.00 e. The van der Waals surface area contributed by atoms with Crippen LogP contribution < -0.4 is 51.4 Å². The molecule has 0 saturated heterocycles. The van der Waals surface area contributed by atoms with Crippen molar-refractivity contribution in [2.45, 2.75) is 0 Å². The zero-order valence-electron chi connectivity index (χ0n) is 3.62. The minimum Gasteiger partial charge on any atom is -0.744 e. The molecule has 0 aliphatic carbocycles. The number of hydrogen-bond donors (Lipinski definition) is 0. The van der Waals surface area contributed by atoms with E-state index in [-0.39, 0.29) is 56.1 Å². The summed E-state index contributed by atoms with van der Waals surface area (Å²) >= 11 is 3.76. The molecule has 0 aromatic rings. The van der Waals surface area contributed by atoms with Gasteiger partial charge in [-0.2, -0.15) is 0 Å². The van der Waals surface area contributed by atoms with Crippen LogP contribution >= 0.6 is 12.2 Å². The summed E-state index contributed by atoms with van der Waals surface area (Å²) in [4.78, 5) is 0. The maximum absolute atomic E-state index is 9.28. The van der Waals surface area contributed by atoms with Crippen molar-refractivity contribution in [2.24, 2.45) is 0 Å². The fourth-order valence-corrected chi connectivity index (χ4v) is 0. The van der Waals surface area contributed by atoms with E-state index in [4.69, 9.17) is 0 Å². The number of hydrogen-bond acceptors (Lipinski definition) is 4. The van der Waals surface area contributed by atoms with Crippen molar-refractivity contribution in [3.63, 3.8) is 0 Å². The van der Waals surface area contributed by atoms with Crippen molar-refractivity contribution in [2.75, 3.05) is 0 Å². The van der Waals surface area contributed by atoms with Crippen LogP contribution in [-0.2, 0) is 10.1 Å². The summed E-state index contributed by atoms with van der Waals surface area (Å²) < 4.78 is 28.0. The molecule has 0 spiro atoms. The monoisotopic (exact) mass is 164 g/mol. The Kier molecular flexibility index (Phi) is 7.37. The topological polar surface area (TPSA) is 57.2 Å². The summed E-state index contributed by atoms with van der Waals surface area (Å²) in [6.45, 7) is 0. The Bertz CT molecular complexity index is 123. The fraction of sp³-hybridized carbons (Fsp3) is 0. The van der Waals surface area contributed by atoms with E-state index in [1.54, 1.807) is 0 Å². The molecular formula is CHKO3S2. The van der Waals surface area contributed by atoms with Crippen molar-refractivity contribution >= 4 is 27.0 Å². The van der Waals surface area contributed by atoms with Gasteiger partial charge in [-0.05, 0) is 0 Å². The molecular weight excluding hydrogens is 163 g/mol. The van der Waals surface area contributed by atoms with Gasteiger partial charge in [-0.15, -0.1) is 0 Å². The van der Waals surface area contributed by atoms with Crippen molar-refractivity contribution in [1.29, 1.82) is 0 Å². The molecule has 0 unspecified atom stereocenters.